The number of carbonyl (C=O) groups is 2. The first-order chi connectivity index (χ1) is 8.93. The number of aryl methyl sites for hydroxylation is 1. The third kappa shape index (κ3) is 4.90. The minimum absolute atomic E-state index is 0.130. The molecule has 0 saturated heterocycles. The van der Waals surface area contributed by atoms with Crippen LogP contribution in [-0.2, 0) is 4.79 Å². The van der Waals surface area contributed by atoms with Crippen LogP contribution >= 0.6 is 11.3 Å². The fourth-order valence-corrected chi connectivity index (χ4v) is 2.58. The van der Waals surface area contributed by atoms with E-state index >= 15 is 0 Å². The molecular formula is C13H20N2O3S. The molecule has 2 atom stereocenters. The van der Waals surface area contributed by atoms with Gasteiger partial charge in [0.2, 0.25) is 0 Å². The van der Waals surface area contributed by atoms with Gasteiger partial charge >= 0.3 is 12.0 Å². The molecular weight excluding hydrogens is 264 g/mol. The number of urea groups is 1. The Balaban J connectivity index is 2.52. The van der Waals surface area contributed by atoms with Gasteiger partial charge in [0.25, 0.3) is 0 Å². The summed E-state index contributed by atoms with van der Waals surface area (Å²) in [6.45, 7) is 5.76. The molecule has 0 saturated carbocycles. The molecule has 0 aliphatic carbocycles. The van der Waals surface area contributed by atoms with E-state index in [1.807, 2.05) is 32.9 Å². The number of hydrogen-bond donors (Lipinski definition) is 3. The SMILES string of the molecule is CCCC(NC(=O)NC(C)c1ccc(C)s1)C(=O)O. The fourth-order valence-electron chi connectivity index (χ4n) is 1.70. The molecule has 5 nitrogen and oxygen atoms in total. The smallest absolute Gasteiger partial charge is 0.326 e. The Labute approximate surface area is 117 Å². The molecule has 2 amide bonds. The molecule has 1 aromatic heterocycles. The van der Waals surface area contributed by atoms with Crippen molar-refractivity contribution in [3.05, 3.63) is 21.9 Å². The highest BCUT2D eigenvalue weighted by molar-refractivity contribution is 7.12. The maximum atomic E-state index is 11.7. The molecule has 1 heterocycles. The van der Waals surface area contributed by atoms with E-state index in [0.29, 0.717) is 12.8 Å². The van der Waals surface area contributed by atoms with Crippen LogP contribution in [0.15, 0.2) is 12.1 Å². The molecule has 0 bridgehead atoms. The van der Waals surface area contributed by atoms with Gasteiger partial charge in [-0.2, -0.15) is 0 Å². The second kappa shape index (κ2) is 7.13. The number of rotatable bonds is 6. The van der Waals surface area contributed by atoms with Crippen LogP contribution in [0, 0.1) is 6.92 Å². The van der Waals surface area contributed by atoms with E-state index in [1.165, 1.54) is 4.88 Å². The van der Waals surface area contributed by atoms with E-state index in [-0.39, 0.29) is 6.04 Å². The second-order valence-electron chi connectivity index (χ2n) is 4.47. The number of amides is 2. The molecule has 2 unspecified atom stereocenters. The van der Waals surface area contributed by atoms with Gasteiger partial charge in [-0.05, 0) is 32.4 Å². The van der Waals surface area contributed by atoms with E-state index in [1.54, 1.807) is 11.3 Å². The van der Waals surface area contributed by atoms with Gasteiger partial charge < -0.3 is 15.7 Å². The summed E-state index contributed by atoms with van der Waals surface area (Å²) in [4.78, 5) is 24.9. The molecule has 3 N–H and O–H groups in total. The lowest BCUT2D eigenvalue weighted by Crippen LogP contribution is -2.46. The van der Waals surface area contributed by atoms with Gasteiger partial charge in [-0.25, -0.2) is 9.59 Å². The zero-order valence-corrected chi connectivity index (χ0v) is 12.2. The fraction of sp³-hybridized carbons (Fsp3) is 0.538. The van der Waals surface area contributed by atoms with Gasteiger partial charge in [-0.1, -0.05) is 13.3 Å². The lowest BCUT2D eigenvalue weighted by atomic mass is 10.2. The summed E-state index contributed by atoms with van der Waals surface area (Å²) in [6.07, 6.45) is 1.13. The standard InChI is InChI=1S/C13H20N2O3S/c1-4-5-10(12(16)17)15-13(18)14-9(3)11-7-6-8(2)19-11/h6-7,9-10H,4-5H2,1-3H3,(H,16,17)(H2,14,15,18). The van der Waals surface area contributed by atoms with Crippen molar-refractivity contribution in [2.45, 2.75) is 45.7 Å². The Morgan fingerprint density at radius 2 is 2.05 bits per heavy atom. The first-order valence-corrected chi connectivity index (χ1v) is 7.11. The summed E-state index contributed by atoms with van der Waals surface area (Å²) in [6, 6.07) is 2.55. The largest absolute Gasteiger partial charge is 0.480 e. The van der Waals surface area contributed by atoms with Gasteiger partial charge in [-0.3, -0.25) is 0 Å². The van der Waals surface area contributed by atoms with E-state index in [9.17, 15) is 9.59 Å². The first-order valence-electron chi connectivity index (χ1n) is 6.30. The van der Waals surface area contributed by atoms with Crippen LogP contribution in [0.2, 0.25) is 0 Å². The van der Waals surface area contributed by atoms with Gasteiger partial charge in [0.15, 0.2) is 0 Å². The lowest BCUT2D eigenvalue weighted by molar-refractivity contribution is -0.139. The van der Waals surface area contributed by atoms with Crippen LogP contribution < -0.4 is 10.6 Å². The van der Waals surface area contributed by atoms with Crippen LogP contribution in [0.4, 0.5) is 4.79 Å². The van der Waals surface area contributed by atoms with Crippen molar-refractivity contribution in [3.63, 3.8) is 0 Å². The number of hydrogen-bond acceptors (Lipinski definition) is 3. The third-order valence-corrected chi connectivity index (χ3v) is 3.90. The van der Waals surface area contributed by atoms with Crippen LogP contribution in [0.25, 0.3) is 0 Å². The third-order valence-electron chi connectivity index (χ3n) is 2.72. The molecule has 6 heteroatoms. The molecule has 0 aliphatic rings. The minimum atomic E-state index is -1.00. The van der Waals surface area contributed by atoms with Crippen LogP contribution in [-0.4, -0.2) is 23.1 Å². The number of aliphatic carboxylic acids is 1. The lowest BCUT2D eigenvalue weighted by Gasteiger charge is -2.17. The first kappa shape index (κ1) is 15.5. The van der Waals surface area contributed by atoms with E-state index in [4.69, 9.17) is 5.11 Å². The van der Waals surface area contributed by atoms with E-state index in [0.717, 1.165) is 4.88 Å². The normalized spacial score (nSPS) is 13.6. The monoisotopic (exact) mass is 284 g/mol. The number of nitrogens with one attached hydrogen (secondary N) is 2. The zero-order valence-electron chi connectivity index (χ0n) is 11.4. The van der Waals surface area contributed by atoms with Crippen molar-refractivity contribution >= 4 is 23.3 Å². The molecule has 0 aromatic carbocycles. The van der Waals surface area contributed by atoms with Gasteiger partial charge in [0.1, 0.15) is 6.04 Å². The maximum Gasteiger partial charge on any atom is 0.326 e. The number of thiophene rings is 1. The molecule has 0 fully saturated rings. The topological polar surface area (TPSA) is 78.4 Å². The number of carboxylic acids is 1. The molecule has 19 heavy (non-hydrogen) atoms. The van der Waals surface area contributed by atoms with Crippen molar-refractivity contribution in [1.82, 2.24) is 10.6 Å². The number of carbonyl (C=O) groups excluding carboxylic acids is 1. The highest BCUT2D eigenvalue weighted by Crippen LogP contribution is 2.22. The van der Waals surface area contributed by atoms with Crippen molar-refractivity contribution in [2.24, 2.45) is 0 Å². The second-order valence-corrected chi connectivity index (χ2v) is 5.79. The van der Waals surface area contributed by atoms with Crippen molar-refractivity contribution in [2.75, 3.05) is 0 Å². The Bertz CT molecular complexity index is 445. The summed E-state index contributed by atoms with van der Waals surface area (Å²) >= 11 is 1.61. The predicted octanol–water partition coefficient (Wildman–Crippen LogP) is 2.67. The van der Waals surface area contributed by atoms with E-state index < -0.39 is 18.0 Å². The van der Waals surface area contributed by atoms with Gasteiger partial charge in [-0.15, -0.1) is 11.3 Å². The Morgan fingerprint density at radius 1 is 1.37 bits per heavy atom. The maximum absolute atomic E-state index is 11.7. The minimum Gasteiger partial charge on any atom is -0.480 e. The molecule has 106 valence electrons. The van der Waals surface area contributed by atoms with Crippen molar-refractivity contribution in [1.29, 1.82) is 0 Å². The summed E-state index contributed by atoms with van der Waals surface area (Å²) in [5, 5.41) is 14.2. The summed E-state index contributed by atoms with van der Waals surface area (Å²) in [7, 11) is 0. The molecule has 1 aromatic rings. The predicted molar refractivity (Wildman–Crippen MR) is 75.5 cm³/mol. The average molecular weight is 284 g/mol. The van der Waals surface area contributed by atoms with Crippen molar-refractivity contribution < 1.29 is 14.7 Å². The van der Waals surface area contributed by atoms with Crippen LogP contribution in [0.5, 0.6) is 0 Å². The van der Waals surface area contributed by atoms with Crippen LogP contribution in [0.1, 0.15) is 42.5 Å². The Hall–Kier alpha value is -1.56. The summed E-state index contributed by atoms with van der Waals surface area (Å²) in [5.74, 6) is -1.00. The summed E-state index contributed by atoms with van der Waals surface area (Å²) < 4.78 is 0. The Morgan fingerprint density at radius 3 is 2.53 bits per heavy atom. The summed E-state index contributed by atoms with van der Waals surface area (Å²) in [5.41, 5.74) is 0. The molecule has 1 rings (SSSR count). The zero-order chi connectivity index (χ0) is 14.4. The highest BCUT2D eigenvalue weighted by atomic mass is 32.1. The molecule has 0 radical (unpaired) electrons. The molecule has 0 spiro atoms. The Kier molecular flexibility index (Phi) is 5.82. The van der Waals surface area contributed by atoms with Crippen LogP contribution in [0.3, 0.4) is 0 Å². The van der Waals surface area contributed by atoms with Gasteiger partial charge in [0, 0.05) is 9.75 Å². The van der Waals surface area contributed by atoms with E-state index in [2.05, 4.69) is 10.6 Å². The quantitative estimate of drug-likeness (QED) is 0.751. The van der Waals surface area contributed by atoms with Gasteiger partial charge in [0.05, 0.1) is 6.04 Å². The van der Waals surface area contributed by atoms with Crippen molar-refractivity contribution in [3.8, 4) is 0 Å². The highest BCUT2D eigenvalue weighted by Gasteiger charge is 2.20. The molecule has 0 aliphatic heterocycles. The number of carboxylic acid groups (broad SMARTS) is 1. The average Bonchev–Trinajstić information content (AvgIpc) is 2.75.